The Labute approximate surface area is 87.4 Å². The summed E-state index contributed by atoms with van der Waals surface area (Å²) in [4.78, 5) is 5.42. The van der Waals surface area contributed by atoms with Crippen LogP contribution < -0.4 is 5.48 Å². The lowest BCUT2D eigenvalue weighted by Crippen LogP contribution is -2.50. The smallest absolute Gasteiger partial charge is 0.0654 e. The standard InChI is InChI=1S/C12H23NO/c1-5-14-13-10-11(2,3)9-6-7-12(10,4)8-9/h9-10,13H,5-8H2,1-4H3/t9-,10?,12+/m0/s1. The maximum absolute atomic E-state index is 5.42. The van der Waals surface area contributed by atoms with Crippen molar-refractivity contribution in [2.45, 2.75) is 53.0 Å². The second-order valence-corrected chi connectivity index (χ2v) is 5.90. The number of hydroxylamine groups is 1. The minimum absolute atomic E-state index is 0.405. The number of hydrogen-bond acceptors (Lipinski definition) is 2. The zero-order valence-electron chi connectivity index (χ0n) is 9.89. The summed E-state index contributed by atoms with van der Waals surface area (Å²) in [5.74, 6) is 0.894. The molecule has 1 unspecified atom stereocenters. The zero-order valence-corrected chi connectivity index (χ0v) is 9.89. The number of nitrogens with one attached hydrogen (secondary N) is 1. The Morgan fingerprint density at radius 3 is 2.57 bits per heavy atom. The highest BCUT2D eigenvalue weighted by Gasteiger charge is 2.59. The summed E-state index contributed by atoms with van der Waals surface area (Å²) in [5, 5.41) is 0. The van der Waals surface area contributed by atoms with Gasteiger partial charge >= 0.3 is 0 Å². The van der Waals surface area contributed by atoms with Crippen molar-refractivity contribution >= 4 is 0 Å². The van der Waals surface area contributed by atoms with E-state index in [2.05, 4.69) is 26.3 Å². The van der Waals surface area contributed by atoms with Crippen molar-refractivity contribution in [2.75, 3.05) is 6.61 Å². The van der Waals surface area contributed by atoms with Crippen molar-refractivity contribution in [3.63, 3.8) is 0 Å². The Morgan fingerprint density at radius 1 is 1.36 bits per heavy atom. The first-order chi connectivity index (χ1) is 6.50. The lowest BCUT2D eigenvalue weighted by molar-refractivity contribution is -0.0473. The number of rotatable bonds is 3. The molecule has 0 aliphatic heterocycles. The van der Waals surface area contributed by atoms with Crippen molar-refractivity contribution < 1.29 is 4.84 Å². The van der Waals surface area contributed by atoms with Gasteiger partial charge in [0.1, 0.15) is 0 Å². The van der Waals surface area contributed by atoms with Crippen LogP contribution >= 0.6 is 0 Å². The summed E-state index contributed by atoms with van der Waals surface area (Å²) >= 11 is 0. The van der Waals surface area contributed by atoms with E-state index in [1.165, 1.54) is 19.3 Å². The fourth-order valence-electron chi connectivity index (χ4n) is 3.76. The molecule has 0 radical (unpaired) electrons. The SMILES string of the molecule is CCONC1C(C)(C)[C@H]2CC[C@]1(C)C2. The van der Waals surface area contributed by atoms with Crippen LogP contribution in [0.3, 0.4) is 0 Å². The third kappa shape index (κ3) is 1.31. The van der Waals surface area contributed by atoms with Crippen LogP contribution in [-0.2, 0) is 4.84 Å². The lowest BCUT2D eigenvalue weighted by Gasteiger charge is -2.42. The molecule has 0 heterocycles. The molecule has 1 N–H and O–H groups in total. The van der Waals surface area contributed by atoms with E-state index in [0.717, 1.165) is 12.5 Å². The first-order valence-electron chi connectivity index (χ1n) is 5.88. The van der Waals surface area contributed by atoms with Gasteiger partial charge in [0.05, 0.1) is 6.61 Å². The molecule has 0 amide bonds. The molecule has 82 valence electrons. The molecule has 0 aromatic rings. The monoisotopic (exact) mass is 197 g/mol. The van der Waals surface area contributed by atoms with E-state index in [4.69, 9.17) is 4.84 Å². The van der Waals surface area contributed by atoms with Crippen LogP contribution in [-0.4, -0.2) is 12.6 Å². The van der Waals surface area contributed by atoms with Crippen molar-refractivity contribution in [2.24, 2.45) is 16.7 Å². The van der Waals surface area contributed by atoms with Crippen LogP contribution in [0.25, 0.3) is 0 Å². The average molecular weight is 197 g/mol. The quantitative estimate of drug-likeness (QED) is 0.702. The van der Waals surface area contributed by atoms with E-state index >= 15 is 0 Å². The Kier molecular flexibility index (Phi) is 2.39. The molecular formula is C12H23NO. The third-order valence-electron chi connectivity index (χ3n) is 4.62. The summed E-state index contributed by atoms with van der Waals surface area (Å²) in [6, 6.07) is 0.536. The van der Waals surface area contributed by atoms with Gasteiger partial charge < -0.3 is 4.84 Å². The van der Waals surface area contributed by atoms with Crippen LogP contribution in [0.4, 0.5) is 0 Å². The molecular weight excluding hydrogens is 174 g/mol. The van der Waals surface area contributed by atoms with Gasteiger partial charge in [0, 0.05) is 6.04 Å². The third-order valence-corrected chi connectivity index (χ3v) is 4.62. The van der Waals surface area contributed by atoms with Crippen molar-refractivity contribution in [3.05, 3.63) is 0 Å². The van der Waals surface area contributed by atoms with Crippen LogP contribution in [0, 0.1) is 16.7 Å². The predicted molar refractivity (Wildman–Crippen MR) is 57.8 cm³/mol. The molecule has 0 saturated heterocycles. The Hall–Kier alpha value is -0.0800. The average Bonchev–Trinajstić information content (AvgIpc) is 2.55. The highest BCUT2D eigenvalue weighted by Crippen LogP contribution is 2.62. The fraction of sp³-hybridized carbons (Fsp3) is 1.00. The first-order valence-corrected chi connectivity index (χ1v) is 5.88. The lowest BCUT2D eigenvalue weighted by atomic mass is 9.69. The summed E-state index contributed by atoms with van der Waals surface area (Å²) in [6.07, 6.45) is 4.16. The Bertz CT molecular complexity index is 222. The number of hydrogen-bond donors (Lipinski definition) is 1. The molecule has 2 nitrogen and oxygen atoms in total. The summed E-state index contributed by atoms with van der Waals surface area (Å²) in [6.45, 7) is 9.98. The summed E-state index contributed by atoms with van der Waals surface area (Å²) in [7, 11) is 0. The molecule has 0 aromatic heterocycles. The van der Waals surface area contributed by atoms with E-state index in [1.807, 2.05) is 6.92 Å². The minimum atomic E-state index is 0.405. The molecule has 2 aliphatic carbocycles. The van der Waals surface area contributed by atoms with Gasteiger partial charge in [-0.25, -0.2) is 0 Å². The molecule has 14 heavy (non-hydrogen) atoms. The molecule has 0 spiro atoms. The normalized spacial score (nSPS) is 44.6. The Morgan fingerprint density at radius 2 is 2.07 bits per heavy atom. The second kappa shape index (κ2) is 3.21. The van der Waals surface area contributed by atoms with Gasteiger partial charge in [0.15, 0.2) is 0 Å². The molecule has 2 bridgehead atoms. The maximum atomic E-state index is 5.42. The topological polar surface area (TPSA) is 21.3 Å². The zero-order chi connectivity index (χ0) is 10.4. The highest BCUT2D eigenvalue weighted by molar-refractivity contribution is 5.11. The van der Waals surface area contributed by atoms with Gasteiger partial charge in [-0.3, -0.25) is 0 Å². The maximum Gasteiger partial charge on any atom is 0.0654 e. The van der Waals surface area contributed by atoms with E-state index in [0.29, 0.717) is 16.9 Å². The first kappa shape index (κ1) is 10.4. The molecule has 0 aromatic carbocycles. The van der Waals surface area contributed by atoms with Gasteiger partial charge in [-0.05, 0) is 42.9 Å². The largest absolute Gasteiger partial charge is 0.302 e. The second-order valence-electron chi connectivity index (χ2n) is 5.90. The van der Waals surface area contributed by atoms with Crippen LogP contribution in [0.5, 0.6) is 0 Å². The van der Waals surface area contributed by atoms with Crippen LogP contribution in [0.15, 0.2) is 0 Å². The molecule has 2 rings (SSSR count). The molecule has 2 aliphatic rings. The van der Waals surface area contributed by atoms with Crippen LogP contribution in [0.1, 0.15) is 47.0 Å². The van der Waals surface area contributed by atoms with Gasteiger partial charge in [0.25, 0.3) is 0 Å². The molecule has 2 heteroatoms. The summed E-state index contributed by atoms with van der Waals surface area (Å²) < 4.78 is 0. The molecule has 3 atom stereocenters. The van der Waals surface area contributed by atoms with Crippen molar-refractivity contribution in [3.8, 4) is 0 Å². The number of fused-ring (bicyclic) bond motifs is 2. The molecule has 2 fully saturated rings. The predicted octanol–water partition coefficient (Wildman–Crippen LogP) is 2.74. The fourth-order valence-corrected chi connectivity index (χ4v) is 3.76. The van der Waals surface area contributed by atoms with Gasteiger partial charge in [-0.2, -0.15) is 5.48 Å². The van der Waals surface area contributed by atoms with E-state index in [9.17, 15) is 0 Å². The van der Waals surface area contributed by atoms with Crippen LogP contribution in [0.2, 0.25) is 0 Å². The van der Waals surface area contributed by atoms with E-state index in [1.54, 1.807) is 0 Å². The van der Waals surface area contributed by atoms with Gasteiger partial charge in [0.2, 0.25) is 0 Å². The highest BCUT2D eigenvalue weighted by atomic mass is 16.6. The Balaban J connectivity index is 2.13. The summed E-state index contributed by atoms with van der Waals surface area (Å²) in [5.41, 5.74) is 4.17. The van der Waals surface area contributed by atoms with Crippen molar-refractivity contribution in [1.29, 1.82) is 0 Å². The van der Waals surface area contributed by atoms with Gasteiger partial charge in [-0.15, -0.1) is 0 Å². The minimum Gasteiger partial charge on any atom is -0.302 e. The molecule has 2 saturated carbocycles. The van der Waals surface area contributed by atoms with Gasteiger partial charge in [-0.1, -0.05) is 20.8 Å². The van der Waals surface area contributed by atoms with E-state index in [-0.39, 0.29) is 0 Å². The van der Waals surface area contributed by atoms with Crippen molar-refractivity contribution in [1.82, 2.24) is 5.48 Å². The van der Waals surface area contributed by atoms with E-state index < -0.39 is 0 Å².